The van der Waals surface area contributed by atoms with Gasteiger partial charge >= 0.3 is 0 Å². The standard InChI is InChI=1S/C16H20ClN3O/c1-2-8-20-11-13(17)9-15(20)16(21)19-10-14(18)12-6-4-3-5-7-12/h3-7,9,11,14H,2,8,10,18H2,1H3,(H,19,21). The largest absolute Gasteiger partial charge is 0.349 e. The first-order chi connectivity index (χ1) is 10.1. The lowest BCUT2D eigenvalue weighted by Gasteiger charge is -2.14. The van der Waals surface area contributed by atoms with Crippen LogP contribution in [0.3, 0.4) is 0 Å². The number of nitrogens with zero attached hydrogens (tertiary/aromatic N) is 1. The van der Waals surface area contributed by atoms with Crippen molar-refractivity contribution in [1.82, 2.24) is 9.88 Å². The number of halogens is 1. The fourth-order valence-electron chi connectivity index (χ4n) is 2.20. The SMILES string of the molecule is CCCn1cc(Cl)cc1C(=O)NCC(N)c1ccccc1. The third kappa shape index (κ3) is 4.09. The van der Waals surface area contributed by atoms with Gasteiger partial charge in [-0.15, -0.1) is 0 Å². The van der Waals surface area contributed by atoms with Gasteiger partial charge in [-0.25, -0.2) is 0 Å². The number of aromatic nitrogens is 1. The number of nitrogens with two attached hydrogens (primary N) is 1. The van der Waals surface area contributed by atoms with Gasteiger partial charge in [0.2, 0.25) is 0 Å². The van der Waals surface area contributed by atoms with Crippen LogP contribution in [0.5, 0.6) is 0 Å². The molecule has 2 rings (SSSR count). The van der Waals surface area contributed by atoms with Gasteiger partial charge in [0, 0.05) is 25.3 Å². The Kier molecular flexibility index (Phi) is 5.42. The Balaban J connectivity index is 1.99. The molecule has 0 aliphatic rings. The molecular weight excluding hydrogens is 286 g/mol. The number of hydrogen-bond acceptors (Lipinski definition) is 2. The molecule has 0 saturated heterocycles. The summed E-state index contributed by atoms with van der Waals surface area (Å²) in [6.07, 6.45) is 2.71. The molecule has 0 aliphatic heterocycles. The molecule has 0 aliphatic carbocycles. The van der Waals surface area contributed by atoms with Crippen molar-refractivity contribution in [3.63, 3.8) is 0 Å². The summed E-state index contributed by atoms with van der Waals surface area (Å²) in [6.45, 7) is 3.21. The molecule has 0 radical (unpaired) electrons. The molecule has 2 aromatic rings. The molecule has 1 unspecified atom stereocenters. The number of aryl methyl sites for hydroxylation is 1. The molecule has 0 spiro atoms. The van der Waals surface area contributed by atoms with Gasteiger partial charge < -0.3 is 15.6 Å². The summed E-state index contributed by atoms with van der Waals surface area (Å²) in [5, 5.41) is 3.44. The van der Waals surface area contributed by atoms with Gasteiger partial charge in [0.25, 0.3) is 5.91 Å². The number of benzene rings is 1. The van der Waals surface area contributed by atoms with E-state index in [9.17, 15) is 4.79 Å². The third-order valence-electron chi connectivity index (χ3n) is 3.27. The smallest absolute Gasteiger partial charge is 0.268 e. The van der Waals surface area contributed by atoms with Gasteiger partial charge in [-0.3, -0.25) is 4.79 Å². The maximum absolute atomic E-state index is 12.2. The van der Waals surface area contributed by atoms with Crippen LogP contribution in [-0.4, -0.2) is 17.0 Å². The van der Waals surface area contributed by atoms with Crippen LogP contribution < -0.4 is 11.1 Å². The molecule has 3 N–H and O–H groups in total. The fourth-order valence-corrected chi connectivity index (χ4v) is 2.42. The van der Waals surface area contributed by atoms with Crippen molar-refractivity contribution in [2.24, 2.45) is 5.73 Å². The number of rotatable bonds is 6. The lowest BCUT2D eigenvalue weighted by atomic mass is 10.1. The molecule has 4 nitrogen and oxygen atoms in total. The molecular formula is C16H20ClN3O. The summed E-state index contributed by atoms with van der Waals surface area (Å²) in [7, 11) is 0. The highest BCUT2D eigenvalue weighted by atomic mass is 35.5. The molecule has 0 bridgehead atoms. The highest BCUT2D eigenvalue weighted by molar-refractivity contribution is 6.31. The molecule has 0 fully saturated rings. The van der Waals surface area contributed by atoms with Gasteiger partial charge in [0.1, 0.15) is 5.69 Å². The zero-order chi connectivity index (χ0) is 15.2. The summed E-state index contributed by atoms with van der Waals surface area (Å²) in [6, 6.07) is 11.2. The summed E-state index contributed by atoms with van der Waals surface area (Å²) in [5.41, 5.74) is 7.65. The van der Waals surface area contributed by atoms with Crippen molar-refractivity contribution in [1.29, 1.82) is 0 Å². The molecule has 5 heteroatoms. The van der Waals surface area contributed by atoms with E-state index in [0.717, 1.165) is 18.5 Å². The lowest BCUT2D eigenvalue weighted by molar-refractivity contribution is 0.0942. The van der Waals surface area contributed by atoms with E-state index in [1.165, 1.54) is 0 Å². The maximum atomic E-state index is 12.2. The molecule has 1 atom stereocenters. The van der Waals surface area contributed by atoms with Crippen LogP contribution in [0.25, 0.3) is 0 Å². The van der Waals surface area contributed by atoms with Crippen LogP contribution in [0.4, 0.5) is 0 Å². The molecule has 1 aromatic heterocycles. The van der Waals surface area contributed by atoms with Crippen LogP contribution in [0.2, 0.25) is 5.02 Å². The van der Waals surface area contributed by atoms with Gasteiger partial charge in [-0.2, -0.15) is 0 Å². The predicted octanol–water partition coefficient (Wildman–Crippen LogP) is 2.98. The summed E-state index contributed by atoms with van der Waals surface area (Å²) >= 11 is 5.98. The summed E-state index contributed by atoms with van der Waals surface area (Å²) in [4.78, 5) is 12.2. The number of carbonyl (C=O) groups is 1. The first kappa shape index (κ1) is 15.6. The van der Waals surface area contributed by atoms with Crippen molar-refractivity contribution in [3.8, 4) is 0 Å². The molecule has 1 aromatic carbocycles. The van der Waals surface area contributed by atoms with Gasteiger partial charge in [-0.05, 0) is 18.1 Å². The minimum atomic E-state index is -0.222. The van der Waals surface area contributed by atoms with Crippen molar-refractivity contribution in [2.75, 3.05) is 6.54 Å². The van der Waals surface area contributed by atoms with Crippen LogP contribution in [0, 0.1) is 0 Å². The second-order valence-electron chi connectivity index (χ2n) is 4.96. The second-order valence-corrected chi connectivity index (χ2v) is 5.40. The Hall–Kier alpha value is -1.78. The van der Waals surface area contributed by atoms with E-state index in [1.807, 2.05) is 34.9 Å². The van der Waals surface area contributed by atoms with E-state index in [1.54, 1.807) is 12.3 Å². The van der Waals surface area contributed by atoms with Crippen LogP contribution in [0.1, 0.15) is 35.4 Å². The molecule has 1 amide bonds. The normalized spacial score (nSPS) is 12.1. The van der Waals surface area contributed by atoms with Crippen molar-refractivity contribution < 1.29 is 4.79 Å². The number of nitrogens with one attached hydrogen (secondary N) is 1. The van der Waals surface area contributed by atoms with Crippen molar-refractivity contribution >= 4 is 17.5 Å². The fraction of sp³-hybridized carbons (Fsp3) is 0.312. The van der Waals surface area contributed by atoms with Crippen LogP contribution in [0.15, 0.2) is 42.6 Å². The topological polar surface area (TPSA) is 60.0 Å². The summed E-state index contributed by atoms with van der Waals surface area (Å²) < 4.78 is 1.87. The monoisotopic (exact) mass is 305 g/mol. The van der Waals surface area contributed by atoms with Crippen molar-refractivity contribution in [3.05, 3.63) is 58.9 Å². The maximum Gasteiger partial charge on any atom is 0.268 e. The third-order valence-corrected chi connectivity index (χ3v) is 3.48. The number of amides is 1. The minimum Gasteiger partial charge on any atom is -0.349 e. The molecule has 112 valence electrons. The number of hydrogen-bond donors (Lipinski definition) is 2. The predicted molar refractivity (Wildman–Crippen MR) is 85.4 cm³/mol. The first-order valence-electron chi connectivity index (χ1n) is 7.06. The zero-order valence-electron chi connectivity index (χ0n) is 12.1. The average Bonchev–Trinajstić information content (AvgIpc) is 2.86. The number of carbonyl (C=O) groups excluding carboxylic acids is 1. The second kappa shape index (κ2) is 7.29. The summed E-state index contributed by atoms with van der Waals surface area (Å²) in [5.74, 6) is -0.151. The Morgan fingerprint density at radius 2 is 2.10 bits per heavy atom. The van der Waals surface area contributed by atoms with E-state index >= 15 is 0 Å². The average molecular weight is 306 g/mol. The molecule has 0 saturated carbocycles. The highest BCUT2D eigenvalue weighted by Crippen LogP contribution is 2.15. The Morgan fingerprint density at radius 3 is 2.76 bits per heavy atom. The lowest BCUT2D eigenvalue weighted by Crippen LogP contribution is -2.33. The molecule has 21 heavy (non-hydrogen) atoms. The first-order valence-corrected chi connectivity index (χ1v) is 7.44. The van der Waals surface area contributed by atoms with Gasteiger partial charge in [-0.1, -0.05) is 48.9 Å². The van der Waals surface area contributed by atoms with Crippen LogP contribution in [-0.2, 0) is 6.54 Å². The highest BCUT2D eigenvalue weighted by Gasteiger charge is 2.14. The van der Waals surface area contributed by atoms with Gasteiger partial charge in [0.05, 0.1) is 5.02 Å². The zero-order valence-corrected chi connectivity index (χ0v) is 12.8. The van der Waals surface area contributed by atoms with E-state index in [0.29, 0.717) is 17.3 Å². The van der Waals surface area contributed by atoms with Gasteiger partial charge in [0.15, 0.2) is 0 Å². The Morgan fingerprint density at radius 1 is 1.38 bits per heavy atom. The molecule has 1 heterocycles. The Labute approximate surface area is 129 Å². The Bertz CT molecular complexity index is 595. The van der Waals surface area contributed by atoms with Crippen LogP contribution >= 0.6 is 11.6 Å². The van der Waals surface area contributed by atoms with Crippen molar-refractivity contribution in [2.45, 2.75) is 25.9 Å². The van der Waals surface area contributed by atoms with E-state index in [-0.39, 0.29) is 11.9 Å². The quantitative estimate of drug-likeness (QED) is 0.862. The minimum absolute atomic E-state index is 0.151. The van der Waals surface area contributed by atoms with E-state index < -0.39 is 0 Å². The van der Waals surface area contributed by atoms with E-state index in [4.69, 9.17) is 17.3 Å². The van der Waals surface area contributed by atoms with E-state index in [2.05, 4.69) is 12.2 Å².